The second-order valence-corrected chi connectivity index (χ2v) is 6.60. The van der Waals surface area contributed by atoms with Crippen molar-refractivity contribution in [3.63, 3.8) is 0 Å². The van der Waals surface area contributed by atoms with Crippen LogP contribution in [-0.4, -0.2) is 62.9 Å². The largest absolute Gasteiger partial charge is 0.454 e. The van der Waals surface area contributed by atoms with Crippen molar-refractivity contribution in [2.24, 2.45) is 0 Å². The van der Waals surface area contributed by atoms with E-state index in [2.05, 4.69) is 15.5 Å². The number of hydrogen-bond donors (Lipinski definition) is 2. The molecule has 0 saturated carbocycles. The van der Waals surface area contributed by atoms with Gasteiger partial charge in [0.05, 0.1) is 19.3 Å². The summed E-state index contributed by atoms with van der Waals surface area (Å²) in [5.41, 5.74) is 1.01. The summed E-state index contributed by atoms with van der Waals surface area (Å²) < 4.78 is 16.3. The molecule has 0 spiro atoms. The van der Waals surface area contributed by atoms with Gasteiger partial charge in [0.1, 0.15) is 0 Å². The molecule has 0 bridgehead atoms. The fourth-order valence-electron chi connectivity index (χ4n) is 3.20. The van der Waals surface area contributed by atoms with Gasteiger partial charge < -0.3 is 24.8 Å². The predicted molar refractivity (Wildman–Crippen MR) is 98.6 cm³/mol. The van der Waals surface area contributed by atoms with Crippen LogP contribution in [0.25, 0.3) is 0 Å². The van der Waals surface area contributed by atoms with Crippen LogP contribution >= 0.6 is 0 Å². The molecule has 1 fully saturated rings. The van der Waals surface area contributed by atoms with Crippen molar-refractivity contribution in [2.45, 2.75) is 25.8 Å². The summed E-state index contributed by atoms with van der Waals surface area (Å²) in [6.07, 6.45) is 1.82. The fraction of sp³-hybridized carbons (Fsp3) is 0.579. The molecule has 2 N–H and O–H groups in total. The number of unbranched alkanes of at least 4 members (excludes halogenated alkanes) is 1. The van der Waals surface area contributed by atoms with Gasteiger partial charge in [-0.2, -0.15) is 0 Å². The number of carbonyl (C=O) groups is 2. The molecular weight excluding hydrogens is 350 g/mol. The maximum absolute atomic E-state index is 12.1. The number of ether oxygens (including phenoxy) is 3. The molecule has 0 radical (unpaired) electrons. The number of amides is 2. The summed E-state index contributed by atoms with van der Waals surface area (Å²) in [5, 5.41) is 5.41. The molecule has 2 heterocycles. The third-order valence-corrected chi connectivity index (χ3v) is 4.75. The molecule has 1 aromatic carbocycles. The molecule has 2 aliphatic heterocycles. The van der Waals surface area contributed by atoms with Gasteiger partial charge in [0, 0.05) is 26.2 Å². The molecule has 0 aliphatic carbocycles. The van der Waals surface area contributed by atoms with Crippen molar-refractivity contribution < 1.29 is 23.8 Å². The Kier molecular flexibility index (Phi) is 6.89. The molecule has 1 saturated heterocycles. The highest BCUT2D eigenvalue weighted by atomic mass is 16.7. The zero-order valence-electron chi connectivity index (χ0n) is 15.7. The Labute approximate surface area is 159 Å². The Hall–Kier alpha value is -2.32. The number of nitrogens with zero attached hydrogens (tertiary/aromatic N) is 1. The first-order valence-electron chi connectivity index (χ1n) is 9.46. The third kappa shape index (κ3) is 5.11. The maximum Gasteiger partial charge on any atom is 0.309 e. The molecule has 0 unspecified atom stereocenters. The molecule has 148 valence electrons. The van der Waals surface area contributed by atoms with E-state index in [0.29, 0.717) is 32.1 Å². The van der Waals surface area contributed by atoms with E-state index in [0.717, 1.165) is 37.2 Å². The topological polar surface area (TPSA) is 89.1 Å². The minimum atomic E-state index is -0.606. The van der Waals surface area contributed by atoms with Crippen molar-refractivity contribution in [1.29, 1.82) is 0 Å². The Morgan fingerprint density at radius 3 is 2.63 bits per heavy atom. The second kappa shape index (κ2) is 9.57. The molecule has 8 nitrogen and oxygen atoms in total. The maximum atomic E-state index is 12.1. The first kappa shape index (κ1) is 19.4. The highest BCUT2D eigenvalue weighted by Crippen LogP contribution is 2.35. The second-order valence-electron chi connectivity index (χ2n) is 6.60. The number of benzene rings is 1. The summed E-state index contributed by atoms with van der Waals surface area (Å²) in [7, 11) is 0. The Morgan fingerprint density at radius 2 is 1.85 bits per heavy atom. The number of nitrogens with one attached hydrogen (secondary N) is 2. The standard InChI is InChI=1S/C19H27N3O5/c1-2-3-6-20-18(23)19(24)21-12-15(22-7-9-25-10-8-22)14-4-5-16-17(11-14)27-13-26-16/h4-5,11,15H,2-3,6-10,12-13H2,1H3,(H,20,23)(H,21,24)/t15-/m1/s1. The minimum absolute atomic E-state index is 0.0733. The molecule has 3 rings (SSSR count). The Bertz CT molecular complexity index is 661. The summed E-state index contributed by atoms with van der Waals surface area (Å²) in [6.45, 7) is 5.91. The van der Waals surface area contributed by atoms with Crippen LogP contribution < -0.4 is 20.1 Å². The average Bonchev–Trinajstić information content (AvgIpc) is 3.17. The van der Waals surface area contributed by atoms with E-state index in [9.17, 15) is 9.59 Å². The zero-order chi connectivity index (χ0) is 19.1. The monoisotopic (exact) mass is 377 g/mol. The van der Waals surface area contributed by atoms with Crippen LogP contribution in [0.2, 0.25) is 0 Å². The summed E-state index contributed by atoms with van der Waals surface area (Å²) >= 11 is 0. The third-order valence-electron chi connectivity index (χ3n) is 4.75. The molecule has 1 atom stereocenters. The first-order valence-corrected chi connectivity index (χ1v) is 9.46. The number of morpholine rings is 1. The summed E-state index contributed by atoms with van der Waals surface area (Å²) in [4.78, 5) is 26.3. The molecule has 0 aromatic heterocycles. The van der Waals surface area contributed by atoms with Crippen molar-refractivity contribution >= 4 is 11.8 Å². The van der Waals surface area contributed by atoms with Crippen LogP contribution in [0.4, 0.5) is 0 Å². The van der Waals surface area contributed by atoms with Gasteiger partial charge in [0.25, 0.3) is 0 Å². The van der Waals surface area contributed by atoms with Crippen LogP contribution in [0.15, 0.2) is 18.2 Å². The van der Waals surface area contributed by atoms with Crippen LogP contribution in [0.3, 0.4) is 0 Å². The highest BCUT2D eigenvalue weighted by molar-refractivity contribution is 6.35. The number of rotatable bonds is 7. The van der Waals surface area contributed by atoms with Crippen molar-refractivity contribution in [3.8, 4) is 11.5 Å². The van der Waals surface area contributed by atoms with Gasteiger partial charge in [-0.25, -0.2) is 0 Å². The SMILES string of the molecule is CCCCNC(=O)C(=O)NC[C@H](c1ccc2c(c1)OCO2)N1CCOCC1. The van der Waals surface area contributed by atoms with E-state index < -0.39 is 11.8 Å². The van der Waals surface area contributed by atoms with Gasteiger partial charge in [0.2, 0.25) is 6.79 Å². The smallest absolute Gasteiger partial charge is 0.309 e. The van der Waals surface area contributed by atoms with E-state index in [1.807, 2.05) is 25.1 Å². The van der Waals surface area contributed by atoms with E-state index >= 15 is 0 Å². The van der Waals surface area contributed by atoms with Crippen LogP contribution in [-0.2, 0) is 14.3 Å². The van der Waals surface area contributed by atoms with E-state index in [1.54, 1.807) is 0 Å². The van der Waals surface area contributed by atoms with Gasteiger partial charge in [-0.3, -0.25) is 14.5 Å². The lowest BCUT2D eigenvalue weighted by Crippen LogP contribution is -2.46. The van der Waals surface area contributed by atoms with Crippen molar-refractivity contribution in [1.82, 2.24) is 15.5 Å². The van der Waals surface area contributed by atoms with Gasteiger partial charge in [0.15, 0.2) is 11.5 Å². The number of fused-ring (bicyclic) bond motifs is 1. The molecule has 2 amide bonds. The van der Waals surface area contributed by atoms with Crippen molar-refractivity contribution in [2.75, 3.05) is 46.2 Å². The zero-order valence-corrected chi connectivity index (χ0v) is 15.7. The quantitative estimate of drug-likeness (QED) is 0.540. The fourth-order valence-corrected chi connectivity index (χ4v) is 3.20. The summed E-state index contributed by atoms with van der Waals surface area (Å²) in [5.74, 6) is 0.230. The molecule has 8 heteroatoms. The molecule has 2 aliphatic rings. The molecule has 27 heavy (non-hydrogen) atoms. The van der Waals surface area contributed by atoms with Gasteiger partial charge in [-0.05, 0) is 24.1 Å². The van der Waals surface area contributed by atoms with Gasteiger partial charge >= 0.3 is 11.8 Å². The lowest BCUT2D eigenvalue weighted by Gasteiger charge is -2.34. The number of hydrogen-bond acceptors (Lipinski definition) is 6. The van der Waals surface area contributed by atoms with Crippen LogP contribution in [0.1, 0.15) is 31.4 Å². The Balaban J connectivity index is 1.65. The van der Waals surface area contributed by atoms with Crippen LogP contribution in [0.5, 0.6) is 11.5 Å². The Morgan fingerprint density at radius 1 is 1.11 bits per heavy atom. The predicted octanol–water partition coefficient (Wildman–Crippen LogP) is 0.821. The van der Waals surface area contributed by atoms with Crippen LogP contribution in [0, 0.1) is 0 Å². The minimum Gasteiger partial charge on any atom is -0.454 e. The lowest BCUT2D eigenvalue weighted by atomic mass is 10.0. The summed E-state index contributed by atoms with van der Waals surface area (Å²) in [6, 6.07) is 5.72. The normalized spacial score (nSPS) is 17.4. The highest BCUT2D eigenvalue weighted by Gasteiger charge is 2.26. The molecular formula is C19H27N3O5. The van der Waals surface area contributed by atoms with Crippen molar-refractivity contribution in [3.05, 3.63) is 23.8 Å². The molecule has 1 aromatic rings. The first-order chi connectivity index (χ1) is 13.2. The number of carbonyl (C=O) groups excluding carboxylic acids is 2. The average molecular weight is 377 g/mol. The van der Waals surface area contributed by atoms with Gasteiger partial charge in [-0.15, -0.1) is 0 Å². The lowest BCUT2D eigenvalue weighted by molar-refractivity contribution is -0.139. The van der Waals surface area contributed by atoms with E-state index in [1.165, 1.54) is 0 Å². The van der Waals surface area contributed by atoms with Gasteiger partial charge in [-0.1, -0.05) is 19.4 Å². The van der Waals surface area contributed by atoms with E-state index in [4.69, 9.17) is 14.2 Å². The van der Waals surface area contributed by atoms with E-state index in [-0.39, 0.29) is 12.8 Å².